The van der Waals surface area contributed by atoms with Gasteiger partial charge in [0, 0.05) is 26.0 Å². The quantitative estimate of drug-likeness (QED) is 0.766. The molecule has 0 radical (unpaired) electrons. The topological polar surface area (TPSA) is 67.9 Å². The van der Waals surface area contributed by atoms with E-state index >= 15 is 0 Å². The zero-order valence-electron chi connectivity index (χ0n) is 9.90. The van der Waals surface area contributed by atoms with Crippen molar-refractivity contribution < 1.29 is 9.53 Å². The molecule has 0 aliphatic carbocycles. The van der Waals surface area contributed by atoms with Crippen LogP contribution >= 0.6 is 0 Å². The van der Waals surface area contributed by atoms with Gasteiger partial charge in [-0.1, -0.05) is 6.92 Å². The summed E-state index contributed by atoms with van der Waals surface area (Å²) in [5, 5.41) is 0. The van der Waals surface area contributed by atoms with Crippen LogP contribution in [0.1, 0.15) is 33.1 Å². The Morgan fingerprint density at radius 3 is 3.06 bits per heavy atom. The Balaban J connectivity index is 2.27. The SMILES string of the molecule is CCCN1C(=O)N=C(N)C12CCOC(C)C2. The first-order valence-electron chi connectivity index (χ1n) is 5.88. The summed E-state index contributed by atoms with van der Waals surface area (Å²) in [7, 11) is 0. The van der Waals surface area contributed by atoms with Crippen LogP contribution in [0, 0.1) is 0 Å². The molecule has 2 aliphatic rings. The van der Waals surface area contributed by atoms with E-state index in [9.17, 15) is 4.79 Å². The average molecular weight is 225 g/mol. The van der Waals surface area contributed by atoms with Gasteiger partial charge in [0.25, 0.3) is 0 Å². The molecule has 0 aromatic rings. The Kier molecular flexibility index (Phi) is 2.88. The second-order valence-electron chi connectivity index (χ2n) is 4.60. The second kappa shape index (κ2) is 4.05. The molecule has 0 bridgehead atoms. The first-order chi connectivity index (χ1) is 7.60. The molecule has 0 aromatic heterocycles. The molecule has 1 fully saturated rings. The molecule has 5 nitrogen and oxygen atoms in total. The predicted octanol–water partition coefficient (Wildman–Crippen LogP) is 1.13. The summed E-state index contributed by atoms with van der Waals surface area (Å²) in [4.78, 5) is 17.5. The number of amides is 2. The van der Waals surface area contributed by atoms with Gasteiger partial charge in [0.15, 0.2) is 0 Å². The van der Waals surface area contributed by atoms with Crippen LogP contribution in [0.4, 0.5) is 4.79 Å². The molecule has 2 N–H and O–H groups in total. The molecule has 2 amide bonds. The molecule has 2 unspecified atom stereocenters. The molecule has 2 heterocycles. The van der Waals surface area contributed by atoms with Gasteiger partial charge in [-0.25, -0.2) is 4.79 Å². The third-order valence-corrected chi connectivity index (χ3v) is 3.43. The van der Waals surface area contributed by atoms with Crippen LogP contribution in [-0.2, 0) is 4.74 Å². The van der Waals surface area contributed by atoms with Gasteiger partial charge in [0.2, 0.25) is 0 Å². The van der Waals surface area contributed by atoms with Crippen molar-refractivity contribution in [2.24, 2.45) is 10.7 Å². The number of hydrogen-bond donors (Lipinski definition) is 1. The van der Waals surface area contributed by atoms with Crippen LogP contribution in [0.5, 0.6) is 0 Å². The minimum Gasteiger partial charge on any atom is -0.385 e. The fourth-order valence-corrected chi connectivity index (χ4v) is 2.67. The average Bonchev–Trinajstić information content (AvgIpc) is 2.44. The van der Waals surface area contributed by atoms with Crippen LogP contribution in [0.2, 0.25) is 0 Å². The van der Waals surface area contributed by atoms with Gasteiger partial charge >= 0.3 is 6.03 Å². The zero-order valence-corrected chi connectivity index (χ0v) is 9.90. The maximum Gasteiger partial charge on any atom is 0.346 e. The molecule has 1 spiro atoms. The lowest BCUT2D eigenvalue weighted by atomic mass is 9.85. The van der Waals surface area contributed by atoms with E-state index in [0.29, 0.717) is 12.4 Å². The van der Waals surface area contributed by atoms with Crippen LogP contribution in [0.3, 0.4) is 0 Å². The summed E-state index contributed by atoms with van der Waals surface area (Å²) in [5.74, 6) is 0.473. The lowest BCUT2D eigenvalue weighted by Gasteiger charge is -2.42. The molecule has 1 saturated heterocycles. The van der Waals surface area contributed by atoms with Crippen molar-refractivity contribution in [1.29, 1.82) is 0 Å². The van der Waals surface area contributed by atoms with Gasteiger partial charge in [-0.3, -0.25) is 0 Å². The first kappa shape index (κ1) is 11.4. The highest BCUT2D eigenvalue weighted by atomic mass is 16.5. The van der Waals surface area contributed by atoms with E-state index in [0.717, 1.165) is 25.8 Å². The first-order valence-corrected chi connectivity index (χ1v) is 5.88. The van der Waals surface area contributed by atoms with Crippen molar-refractivity contribution in [1.82, 2.24) is 4.90 Å². The number of aliphatic imine (C=N–C) groups is 1. The number of ether oxygens (including phenoxy) is 1. The molecule has 2 rings (SSSR count). The number of carbonyl (C=O) groups excluding carboxylic acids is 1. The molecule has 2 atom stereocenters. The van der Waals surface area contributed by atoms with Crippen LogP contribution in [0.15, 0.2) is 4.99 Å². The largest absolute Gasteiger partial charge is 0.385 e. The van der Waals surface area contributed by atoms with Gasteiger partial charge in [-0.05, 0) is 13.3 Å². The molecule has 90 valence electrons. The summed E-state index contributed by atoms with van der Waals surface area (Å²) in [6.45, 7) is 5.43. The Morgan fingerprint density at radius 2 is 2.44 bits per heavy atom. The molecular weight excluding hydrogens is 206 g/mol. The minimum absolute atomic E-state index is 0.132. The normalized spacial score (nSPS) is 34.6. The second-order valence-corrected chi connectivity index (χ2v) is 4.60. The van der Waals surface area contributed by atoms with Crippen molar-refractivity contribution >= 4 is 11.9 Å². The summed E-state index contributed by atoms with van der Waals surface area (Å²) >= 11 is 0. The van der Waals surface area contributed by atoms with E-state index in [4.69, 9.17) is 10.5 Å². The lowest BCUT2D eigenvalue weighted by molar-refractivity contribution is -0.0237. The summed E-state index contributed by atoms with van der Waals surface area (Å²) in [5.41, 5.74) is 5.58. The molecule has 5 heteroatoms. The Bertz CT molecular complexity index is 329. The summed E-state index contributed by atoms with van der Waals surface area (Å²) in [6, 6.07) is -0.187. The number of rotatable bonds is 2. The van der Waals surface area contributed by atoms with E-state index < -0.39 is 0 Å². The highest BCUT2D eigenvalue weighted by Gasteiger charge is 2.50. The number of carbonyl (C=O) groups is 1. The lowest BCUT2D eigenvalue weighted by Crippen LogP contribution is -2.58. The summed E-state index contributed by atoms with van der Waals surface area (Å²) in [6.07, 6.45) is 2.57. The van der Waals surface area contributed by atoms with Gasteiger partial charge < -0.3 is 15.4 Å². The Morgan fingerprint density at radius 1 is 1.69 bits per heavy atom. The third kappa shape index (κ3) is 1.59. The van der Waals surface area contributed by atoms with Crippen molar-refractivity contribution in [3.05, 3.63) is 0 Å². The molecule has 0 saturated carbocycles. The highest BCUT2D eigenvalue weighted by molar-refractivity contribution is 6.05. The molecule has 16 heavy (non-hydrogen) atoms. The number of hydrogen-bond acceptors (Lipinski definition) is 3. The zero-order chi connectivity index (χ0) is 11.8. The monoisotopic (exact) mass is 225 g/mol. The molecule has 2 aliphatic heterocycles. The van der Waals surface area contributed by atoms with E-state index in [2.05, 4.69) is 11.9 Å². The molecular formula is C11H19N3O2. The number of nitrogens with zero attached hydrogens (tertiary/aromatic N) is 2. The maximum absolute atomic E-state index is 11.8. The van der Waals surface area contributed by atoms with Crippen molar-refractivity contribution in [2.75, 3.05) is 13.2 Å². The van der Waals surface area contributed by atoms with E-state index in [-0.39, 0.29) is 17.7 Å². The van der Waals surface area contributed by atoms with Crippen molar-refractivity contribution in [3.63, 3.8) is 0 Å². The number of urea groups is 1. The number of amidine groups is 1. The van der Waals surface area contributed by atoms with E-state index in [1.165, 1.54) is 0 Å². The number of nitrogens with two attached hydrogens (primary N) is 1. The Labute approximate surface area is 95.6 Å². The van der Waals surface area contributed by atoms with Crippen LogP contribution in [0.25, 0.3) is 0 Å². The van der Waals surface area contributed by atoms with Crippen LogP contribution in [-0.4, -0.2) is 41.6 Å². The van der Waals surface area contributed by atoms with Gasteiger partial charge in [0.1, 0.15) is 11.4 Å². The fraction of sp³-hybridized carbons (Fsp3) is 0.818. The van der Waals surface area contributed by atoms with Crippen LogP contribution < -0.4 is 5.73 Å². The van der Waals surface area contributed by atoms with Gasteiger partial charge in [0.05, 0.1) is 6.10 Å². The van der Waals surface area contributed by atoms with Gasteiger partial charge in [-0.2, -0.15) is 4.99 Å². The third-order valence-electron chi connectivity index (χ3n) is 3.43. The fourth-order valence-electron chi connectivity index (χ4n) is 2.67. The molecule has 0 aromatic carbocycles. The standard InChI is InChI=1S/C11H19N3O2/c1-3-5-14-10(15)13-9(12)11(14)4-6-16-8(2)7-11/h8H,3-7H2,1-2H3,(H2,12,13,15). The summed E-state index contributed by atoms with van der Waals surface area (Å²) < 4.78 is 5.53. The smallest absolute Gasteiger partial charge is 0.346 e. The van der Waals surface area contributed by atoms with Gasteiger partial charge in [-0.15, -0.1) is 0 Å². The van der Waals surface area contributed by atoms with Crippen molar-refractivity contribution in [3.8, 4) is 0 Å². The minimum atomic E-state index is -0.370. The van der Waals surface area contributed by atoms with E-state index in [1.54, 1.807) is 0 Å². The van der Waals surface area contributed by atoms with Crippen molar-refractivity contribution in [2.45, 2.75) is 44.8 Å². The highest BCUT2D eigenvalue weighted by Crippen LogP contribution is 2.35. The Hall–Kier alpha value is -1.10. The predicted molar refractivity (Wildman–Crippen MR) is 61.4 cm³/mol. The van der Waals surface area contributed by atoms with E-state index in [1.807, 2.05) is 11.8 Å². The maximum atomic E-state index is 11.8.